The van der Waals surface area contributed by atoms with E-state index in [4.69, 9.17) is 5.73 Å². The minimum absolute atomic E-state index is 0.0323. The number of hydrogen-bond acceptors (Lipinski definition) is 4. The number of allylic oxidation sites excluding steroid dienone is 2. The second kappa shape index (κ2) is 3.13. The quantitative estimate of drug-likeness (QED) is 0.743. The van der Waals surface area contributed by atoms with Crippen molar-refractivity contribution in [3.8, 4) is 5.75 Å². The van der Waals surface area contributed by atoms with Crippen LogP contribution in [0, 0.1) is 0 Å². The lowest BCUT2D eigenvalue weighted by Crippen LogP contribution is -2.04. The Morgan fingerprint density at radius 1 is 1.20 bits per heavy atom. The number of hydrogen-bond donors (Lipinski definition) is 2. The van der Waals surface area contributed by atoms with Gasteiger partial charge < -0.3 is 10.8 Å². The molecular formula is C10H9NO3S. The van der Waals surface area contributed by atoms with Gasteiger partial charge in [-0.25, -0.2) is 8.42 Å². The van der Waals surface area contributed by atoms with Crippen LogP contribution in [-0.4, -0.2) is 13.5 Å². The molecule has 1 aliphatic heterocycles. The lowest BCUT2D eigenvalue weighted by atomic mass is 10.1. The van der Waals surface area contributed by atoms with E-state index < -0.39 is 9.84 Å². The normalized spacial score (nSPS) is 18.4. The molecule has 1 aromatic carbocycles. The van der Waals surface area contributed by atoms with Gasteiger partial charge in [-0.3, -0.25) is 0 Å². The largest absolute Gasteiger partial charge is 0.507 e. The number of rotatable bonds is 1. The Bertz CT molecular complexity index is 570. The first kappa shape index (κ1) is 9.79. The molecule has 78 valence electrons. The zero-order chi connectivity index (χ0) is 11.1. The fraction of sp³-hybridized carbons (Fsp3) is 0. The average molecular weight is 223 g/mol. The number of phenolic OH excluding ortho intramolecular Hbond substituents is 1. The summed E-state index contributed by atoms with van der Waals surface area (Å²) in [7, 11) is -3.47. The van der Waals surface area contributed by atoms with Crippen LogP contribution in [0.1, 0.15) is 5.56 Å². The molecule has 0 aromatic heterocycles. The van der Waals surface area contributed by atoms with Crippen molar-refractivity contribution in [3.05, 3.63) is 46.3 Å². The molecule has 1 heterocycles. The third kappa shape index (κ3) is 1.61. The second-order valence-corrected chi connectivity index (χ2v) is 4.98. The van der Waals surface area contributed by atoms with Gasteiger partial charge in [0.15, 0.2) is 0 Å². The zero-order valence-electron chi connectivity index (χ0n) is 7.71. The highest BCUT2D eigenvalue weighted by molar-refractivity contribution is 7.98. The minimum Gasteiger partial charge on any atom is -0.507 e. The molecule has 0 saturated carbocycles. The van der Waals surface area contributed by atoms with E-state index in [1.165, 1.54) is 12.1 Å². The fourth-order valence-corrected chi connectivity index (χ4v) is 2.32. The minimum atomic E-state index is -3.47. The van der Waals surface area contributed by atoms with E-state index in [1.807, 2.05) is 0 Å². The van der Waals surface area contributed by atoms with Gasteiger partial charge in [-0.15, -0.1) is 0 Å². The molecule has 0 unspecified atom stereocenters. The monoisotopic (exact) mass is 223 g/mol. The van der Waals surface area contributed by atoms with Gasteiger partial charge in [-0.2, -0.15) is 0 Å². The Balaban J connectivity index is 2.58. The van der Waals surface area contributed by atoms with Crippen LogP contribution >= 0.6 is 0 Å². The molecule has 0 bridgehead atoms. The maximum absolute atomic E-state index is 11.3. The SMILES string of the molecule is NC1=CC(c2ccccc2O)=CS1(=O)=O. The second-order valence-electron chi connectivity index (χ2n) is 3.18. The van der Waals surface area contributed by atoms with E-state index in [1.54, 1.807) is 18.2 Å². The van der Waals surface area contributed by atoms with Crippen LogP contribution in [0.15, 0.2) is 40.8 Å². The third-order valence-corrected chi connectivity index (χ3v) is 3.46. The Labute approximate surface area is 87.3 Å². The number of benzene rings is 1. The predicted molar refractivity (Wildman–Crippen MR) is 57.3 cm³/mol. The molecule has 0 spiro atoms. The van der Waals surface area contributed by atoms with E-state index >= 15 is 0 Å². The molecule has 3 N–H and O–H groups in total. The van der Waals surface area contributed by atoms with E-state index in [9.17, 15) is 13.5 Å². The van der Waals surface area contributed by atoms with Crippen LogP contribution in [0.4, 0.5) is 0 Å². The molecule has 2 rings (SSSR count). The van der Waals surface area contributed by atoms with Crippen molar-refractivity contribution in [2.45, 2.75) is 0 Å². The Morgan fingerprint density at radius 3 is 2.40 bits per heavy atom. The number of aromatic hydroxyl groups is 1. The Kier molecular flexibility index (Phi) is 2.04. The zero-order valence-corrected chi connectivity index (χ0v) is 8.53. The van der Waals surface area contributed by atoms with E-state index in [0.717, 1.165) is 5.41 Å². The van der Waals surface area contributed by atoms with Crippen molar-refractivity contribution >= 4 is 15.4 Å². The van der Waals surface area contributed by atoms with Gasteiger partial charge in [-0.05, 0) is 17.7 Å². The summed E-state index contributed by atoms with van der Waals surface area (Å²) < 4.78 is 22.6. The maximum atomic E-state index is 11.3. The van der Waals surface area contributed by atoms with Gasteiger partial charge in [0.2, 0.25) is 9.84 Å². The van der Waals surface area contributed by atoms with Crippen molar-refractivity contribution in [1.29, 1.82) is 0 Å². The molecule has 0 fully saturated rings. The number of para-hydroxylation sites is 1. The number of phenols is 1. The third-order valence-electron chi connectivity index (χ3n) is 2.12. The van der Waals surface area contributed by atoms with Gasteiger partial charge >= 0.3 is 0 Å². The van der Waals surface area contributed by atoms with Gasteiger partial charge in [-0.1, -0.05) is 18.2 Å². The van der Waals surface area contributed by atoms with Crippen molar-refractivity contribution in [1.82, 2.24) is 0 Å². The number of nitrogens with two attached hydrogens (primary N) is 1. The standard InChI is InChI=1S/C10H9NO3S/c11-10-5-7(6-15(10,13)14)8-3-1-2-4-9(8)12/h1-6,12H,11H2. The summed E-state index contributed by atoms with van der Waals surface area (Å²) in [6, 6.07) is 6.50. The Morgan fingerprint density at radius 2 is 1.87 bits per heavy atom. The lowest BCUT2D eigenvalue weighted by Gasteiger charge is -2.01. The van der Waals surface area contributed by atoms with E-state index in [0.29, 0.717) is 11.1 Å². The summed E-state index contributed by atoms with van der Waals surface area (Å²) in [6.07, 6.45) is 1.34. The van der Waals surface area contributed by atoms with E-state index in [2.05, 4.69) is 0 Å². The molecule has 0 radical (unpaired) electrons. The summed E-state index contributed by atoms with van der Waals surface area (Å²) in [5, 5.41) is 10.4. The summed E-state index contributed by atoms with van der Waals surface area (Å²) in [6.45, 7) is 0. The highest BCUT2D eigenvalue weighted by Crippen LogP contribution is 2.31. The molecule has 1 aliphatic rings. The topological polar surface area (TPSA) is 80.4 Å². The van der Waals surface area contributed by atoms with Crippen LogP contribution < -0.4 is 5.73 Å². The summed E-state index contributed by atoms with van der Waals surface area (Å²) in [5.74, 6) is 0.0323. The highest BCUT2D eigenvalue weighted by Gasteiger charge is 2.21. The van der Waals surface area contributed by atoms with Crippen molar-refractivity contribution in [2.75, 3.05) is 0 Å². The average Bonchev–Trinajstić information content (AvgIpc) is 2.42. The van der Waals surface area contributed by atoms with Crippen LogP contribution in [0.3, 0.4) is 0 Å². The summed E-state index contributed by atoms with van der Waals surface area (Å²) in [5.41, 5.74) is 6.20. The first-order valence-corrected chi connectivity index (χ1v) is 5.78. The number of sulfone groups is 1. The van der Waals surface area contributed by atoms with Crippen LogP contribution in [0.25, 0.3) is 5.57 Å². The summed E-state index contributed by atoms with van der Waals surface area (Å²) >= 11 is 0. The molecule has 0 amide bonds. The van der Waals surface area contributed by atoms with Crippen molar-refractivity contribution < 1.29 is 13.5 Å². The van der Waals surface area contributed by atoms with Gasteiger partial charge in [0.1, 0.15) is 10.8 Å². The van der Waals surface area contributed by atoms with Gasteiger partial charge in [0.25, 0.3) is 0 Å². The smallest absolute Gasteiger partial charge is 0.215 e. The molecule has 1 aromatic rings. The Hall–Kier alpha value is -1.75. The molecule has 5 heteroatoms. The van der Waals surface area contributed by atoms with Crippen LogP contribution in [0.2, 0.25) is 0 Å². The van der Waals surface area contributed by atoms with Gasteiger partial charge in [0.05, 0.1) is 0 Å². The summed E-state index contributed by atoms with van der Waals surface area (Å²) in [4.78, 5) is 0. The molecule has 0 saturated heterocycles. The van der Waals surface area contributed by atoms with Gasteiger partial charge in [0, 0.05) is 11.0 Å². The molecule has 4 nitrogen and oxygen atoms in total. The fourth-order valence-electron chi connectivity index (χ4n) is 1.36. The van der Waals surface area contributed by atoms with Crippen LogP contribution in [-0.2, 0) is 9.84 Å². The highest BCUT2D eigenvalue weighted by atomic mass is 32.2. The first-order chi connectivity index (χ1) is 7.00. The molecule has 0 aliphatic carbocycles. The van der Waals surface area contributed by atoms with E-state index in [-0.39, 0.29) is 10.8 Å². The maximum Gasteiger partial charge on any atom is 0.215 e. The lowest BCUT2D eigenvalue weighted by molar-refractivity contribution is 0.474. The van der Waals surface area contributed by atoms with Crippen molar-refractivity contribution in [3.63, 3.8) is 0 Å². The van der Waals surface area contributed by atoms with Crippen molar-refractivity contribution in [2.24, 2.45) is 5.73 Å². The predicted octanol–water partition coefficient (Wildman–Crippen LogP) is 0.962. The van der Waals surface area contributed by atoms with Crippen LogP contribution in [0.5, 0.6) is 5.75 Å². The molecule has 0 atom stereocenters. The first-order valence-electron chi connectivity index (χ1n) is 4.23. The molecule has 15 heavy (non-hydrogen) atoms. The molecular weight excluding hydrogens is 214 g/mol.